The van der Waals surface area contributed by atoms with E-state index in [1.165, 1.54) is 0 Å². The Kier molecular flexibility index (Phi) is 1.39. The second kappa shape index (κ2) is 2.38. The number of halogens is 1. The zero-order valence-electron chi connectivity index (χ0n) is 5.88. The Morgan fingerprint density at radius 1 is 1.27 bits per heavy atom. The van der Waals surface area contributed by atoms with Gasteiger partial charge in [0.1, 0.15) is 12.4 Å². The van der Waals surface area contributed by atoms with Gasteiger partial charge in [0.25, 0.3) is 0 Å². The van der Waals surface area contributed by atoms with Crippen LogP contribution in [0.4, 0.5) is 4.39 Å². The summed E-state index contributed by atoms with van der Waals surface area (Å²) in [6, 6.07) is 7.53. The van der Waals surface area contributed by atoms with Gasteiger partial charge in [-0.3, -0.25) is 0 Å². The molecular formula is C9H7FO. The topological polar surface area (TPSA) is 13.1 Å². The second-order valence-corrected chi connectivity index (χ2v) is 2.38. The van der Waals surface area contributed by atoms with Crippen molar-refractivity contribution in [2.45, 2.75) is 6.67 Å². The van der Waals surface area contributed by atoms with Gasteiger partial charge in [0.15, 0.2) is 0 Å². The standard InChI is InChI=1S/C9H7FO/c10-5-9-8-4-2-1-3-7(8)6-11-9/h1-4,6H,5H2. The van der Waals surface area contributed by atoms with Crippen molar-refractivity contribution in [1.29, 1.82) is 0 Å². The van der Waals surface area contributed by atoms with Crippen molar-refractivity contribution in [3.05, 3.63) is 36.3 Å². The Morgan fingerprint density at radius 3 is 2.91 bits per heavy atom. The zero-order chi connectivity index (χ0) is 7.68. The Hall–Kier alpha value is -1.31. The van der Waals surface area contributed by atoms with Crippen molar-refractivity contribution < 1.29 is 8.81 Å². The third-order valence-corrected chi connectivity index (χ3v) is 1.71. The number of hydrogen-bond acceptors (Lipinski definition) is 1. The quantitative estimate of drug-likeness (QED) is 0.609. The van der Waals surface area contributed by atoms with E-state index in [4.69, 9.17) is 4.42 Å². The van der Waals surface area contributed by atoms with Gasteiger partial charge in [-0.15, -0.1) is 0 Å². The molecule has 0 aliphatic carbocycles. The highest BCUT2D eigenvalue weighted by Crippen LogP contribution is 2.20. The molecular weight excluding hydrogens is 143 g/mol. The third kappa shape index (κ3) is 0.909. The van der Waals surface area contributed by atoms with Crippen LogP contribution in [0.5, 0.6) is 0 Å². The minimum absolute atomic E-state index is 0.417. The average molecular weight is 150 g/mol. The van der Waals surface area contributed by atoms with E-state index in [-0.39, 0.29) is 0 Å². The molecule has 1 aromatic carbocycles. The highest BCUT2D eigenvalue weighted by Gasteiger charge is 2.02. The summed E-state index contributed by atoms with van der Waals surface area (Å²) in [6.07, 6.45) is 1.57. The van der Waals surface area contributed by atoms with E-state index < -0.39 is 6.67 Å². The fourth-order valence-corrected chi connectivity index (χ4v) is 1.16. The minimum Gasteiger partial charge on any atom is -0.465 e. The van der Waals surface area contributed by atoms with Crippen LogP contribution in [0.25, 0.3) is 10.8 Å². The molecule has 56 valence electrons. The Balaban J connectivity index is 2.76. The maximum Gasteiger partial charge on any atom is 0.148 e. The Labute approximate surface area is 63.4 Å². The van der Waals surface area contributed by atoms with E-state index in [1.807, 2.05) is 24.3 Å². The van der Waals surface area contributed by atoms with Gasteiger partial charge in [0.2, 0.25) is 0 Å². The molecule has 0 unspecified atom stereocenters. The van der Waals surface area contributed by atoms with E-state index in [0.29, 0.717) is 5.76 Å². The molecule has 1 nitrogen and oxygen atoms in total. The van der Waals surface area contributed by atoms with Crippen LogP contribution >= 0.6 is 0 Å². The summed E-state index contributed by atoms with van der Waals surface area (Å²) >= 11 is 0. The van der Waals surface area contributed by atoms with Crippen LogP contribution < -0.4 is 0 Å². The smallest absolute Gasteiger partial charge is 0.148 e. The van der Waals surface area contributed by atoms with Gasteiger partial charge in [-0.05, 0) is 0 Å². The fourth-order valence-electron chi connectivity index (χ4n) is 1.16. The van der Waals surface area contributed by atoms with E-state index in [9.17, 15) is 4.39 Å². The molecule has 1 heterocycles. The molecule has 0 radical (unpaired) electrons. The highest BCUT2D eigenvalue weighted by molar-refractivity contribution is 5.83. The van der Waals surface area contributed by atoms with Gasteiger partial charge in [0.05, 0.1) is 6.26 Å². The first-order valence-corrected chi connectivity index (χ1v) is 3.43. The molecule has 0 amide bonds. The lowest BCUT2D eigenvalue weighted by Gasteiger charge is -1.87. The van der Waals surface area contributed by atoms with E-state index >= 15 is 0 Å². The van der Waals surface area contributed by atoms with Crippen molar-refractivity contribution in [3.8, 4) is 0 Å². The largest absolute Gasteiger partial charge is 0.465 e. The highest BCUT2D eigenvalue weighted by atomic mass is 19.1. The van der Waals surface area contributed by atoms with Crippen molar-refractivity contribution in [2.24, 2.45) is 0 Å². The van der Waals surface area contributed by atoms with Crippen LogP contribution in [0.15, 0.2) is 34.9 Å². The summed E-state index contributed by atoms with van der Waals surface area (Å²) in [7, 11) is 0. The summed E-state index contributed by atoms with van der Waals surface area (Å²) < 4.78 is 17.2. The van der Waals surface area contributed by atoms with Crippen LogP contribution in [0.2, 0.25) is 0 Å². The molecule has 0 bridgehead atoms. The lowest BCUT2D eigenvalue weighted by atomic mass is 10.2. The summed E-state index contributed by atoms with van der Waals surface area (Å²) in [6.45, 7) is -0.534. The molecule has 11 heavy (non-hydrogen) atoms. The van der Waals surface area contributed by atoms with Crippen molar-refractivity contribution in [3.63, 3.8) is 0 Å². The van der Waals surface area contributed by atoms with Crippen LogP contribution in [-0.4, -0.2) is 0 Å². The Bertz CT molecular complexity index is 364. The molecule has 0 aliphatic heterocycles. The molecule has 0 N–H and O–H groups in total. The molecule has 0 aliphatic rings. The third-order valence-electron chi connectivity index (χ3n) is 1.71. The fraction of sp³-hybridized carbons (Fsp3) is 0.111. The number of hydrogen-bond donors (Lipinski definition) is 0. The number of alkyl halides is 1. The molecule has 0 atom stereocenters. The van der Waals surface area contributed by atoms with Gasteiger partial charge in [-0.1, -0.05) is 24.3 Å². The van der Waals surface area contributed by atoms with Crippen molar-refractivity contribution in [2.75, 3.05) is 0 Å². The number of furan rings is 1. The summed E-state index contributed by atoms with van der Waals surface area (Å²) in [5.41, 5.74) is 0. The first kappa shape index (κ1) is 6.40. The van der Waals surface area contributed by atoms with Crippen molar-refractivity contribution >= 4 is 10.8 Å². The Morgan fingerprint density at radius 2 is 2.09 bits per heavy atom. The summed E-state index contributed by atoms with van der Waals surface area (Å²) in [4.78, 5) is 0. The number of rotatable bonds is 1. The van der Waals surface area contributed by atoms with Crippen LogP contribution in [0.1, 0.15) is 5.76 Å². The summed E-state index contributed by atoms with van der Waals surface area (Å²) in [5, 5.41) is 1.83. The van der Waals surface area contributed by atoms with Crippen LogP contribution in [-0.2, 0) is 6.67 Å². The molecule has 2 heteroatoms. The number of benzene rings is 1. The first-order chi connectivity index (χ1) is 5.42. The van der Waals surface area contributed by atoms with Gasteiger partial charge < -0.3 is 4.42 Å². The molecule has 2 rings (SSSR count). The summed E-state index contributed by atoms with van der Waals surface area (Å²) in [5.74, 6) is 0.417. The predicted octanol–water partition coefficient (Wildman–Crippen LogP) is 2.90. The number of fused-ring (bicyclic) bond motifs is 1. The molecule has 0 saturated heterocycles. The molecule has 1 aromatic heterocycles. The van der Waals surface area contributed by atoms with E-state index in [1.54, 1.807) is 6.26 Å². The second-order valence-electron chi connectivity index (χ2n) is 2.38. The lowest BCUT2D eigenvalue weighted by molar-refractivity contribution is 0.397. The van der Waals surface area contributed by atoms with Gasteiger partial charge in [-0.2, -0.15) is 0 Å². The molecule has 2 aromatic rings. The van der Waals surface area contributed by atoms with Gasteiger partial charge in [0, 0.05) is 10.8 Å². The van der Waals surface area contributed by atoms with E-state index in [2.05, 4.69) is 0 Å². The molecule has 0 fully saturated rings. The minimum atomic E-state index is -0.534. The molecule has 0 spiro atoms. The van der Waals surface area contributed by atoms with E-state index in [0.717, 1.165) is 10.8 Å². The first-order valence-electron chi connectivity index (χ1n) is 3.43. The SMILES string of the molecule is FCc1occ2ccccc12. The van der Waals surface area contributed by atoms with Crippen molar-refractivity contribution in [1.82, 2.24) is 0 Å². The van der Waals surface area contributed by atoms with Gasteiger partial charge in [-0.25, -0.2) is 4.39 Å². The predicted molar refractivity (Wildman–Crippen MR) is 41.0 cm³/mol. The maximum absolute atomic E-state index is 12.2. The molecule has 0 saturated carbocycles. The van der Waals surface area contributed by atoms with Gasteiger partial charge >= 0.3 is 0 Å². The normalized spacial score (nSPS) is 10.6. The van der Waals surface area contributed by atoms with Crippen LogP contribution in [0, 0.1) is 0 Å². The maximum atomic E-state index is 12.2. The lowest BCUT2D eigenvalue weighted by Crippen LogP contribution is -1.71. The zero-order valence-corrected chi connectivity index (χ0v) is 5.88. The monoisotopic (exact) mass is 150 g/mol. The van der Waals surface area contributed by atoms with Crippen LogP contribution in [0.3, 0.4) is 0 Å². The average Bonchev–Trinajstić information content (AvgIpc) is 2.47.